The molecule has 12 nitrogen and oxygen atoms in total. The van der Waals surface area contributed by atoms with Gasteiger partial charge in [0.05, 0.1) is 5.69 Å². The number of nitrogens with zero attached hydrogens (tertiary/aromatic N) is 5. The van der Waals surface area contributed by atoms with E-state index in [9.17, 15) is 24.3 Å². The molecule has 2 heterocycles. The number of nitrogens with one attached hydrogen (secondary N) is 1. The predicted molar refractivity (Wildman–Crippen MR) is 226 cm³/mol. The minimum atomic E-state index is -0.933. The van der Waals surface area contributed by atoms with Gasteiger partial charge >= 0.3 is 12.2 Å². The number of hydrogen-bond donors (Lipinski definition) is 2. The van der Waals surface area contributed by atoms with Crippen molar-refractivity contribution in [3.05, 3.63) is 83.9 Å². The zero-order chi connectivity index (χ0) is 41.0. The molecule has 2 aliphatic rings. The summed E-state index contributed by atoms with van der Waals surface area (Å²) in [6, 6.07) is 23.5. The number of amides is 4. The van der Waals surface area contributed by atoms with Crippen LogP contribution in [0.1, 0.15) is 81.6 Å². The Hall–Kier alpha value is -5.10. The van der Waals surface area contributed by atoms with Crippen LogP contribution in [0.2, 0.25) is 0 Å². The Morgan fingerprint density at radius 2 is 1.54 bits per heavy atom. The van der Waals surface area contributed by atoms with Crippen molar-refractivity contribution in [1.82, 2.24) is 19.6 Å². The number of fused-ring (bicyclic) bond motifs is 1. The number of carbonyl (C=O) groups excluding carboxylic acids is 3. The van der Waals surface area contributed by atoms with Gasteiger partial charge in [-0.3, -0.25) is 14.5 Å². The number of hydrogen-bond acceptors (Lipinski definition) is 7. The Labute approximate surface area is 338 Å². The molecule has 0 radical (unpaired) electrons. The molecule has 0 saturated carbocycles. The number of para-hydroxylation sites is 1. The summed E-state index contributed by atoms with van der Waals surface area (Å²) in [4.78, 5) is 60.0. The topological polar surface area (TPSA) is 126 Å². The van der Waals surface area contributed by atoms with Crippen LogP contribution in [-0.4, -0.2) is 127 Å². The van der Waals surface area contributed by atoms with Crippen LogP contribution in [0.5, 0.6) is 0 Å². The Bertz CT molecular complexity index is 1810. The number of likely N-dealkylation sites (N-methyl/N-ethyl adjacent to an activating group) is 1. The average Bonchev–Trinajstić information content (AvgIpc) is 3.19. The number of carboxylic acid groups (broad SMARTS) is 1. The molecule has 0 bridgehead atoms. The van der Waals surface area contributed by atoms with Gasteiger partial charge in [0, 0.05) is 95.7 Å². The lowest BCUT2D eigenvalue weighted by molar-refractivity contribution is -0.130. The second-order valence-corrected chi connectivity index (χ2v) is 16.3. The minimum absolute atomic E-state index is 0.0330. The van der Waals surface area contributed by atoms with Gasteiger partial charge in [0.2, 0.25) is 5.91 Å². The first-order chi connectivity index (χ1) is 27.3. The van der Waals surface area contributed by atoms with Crippen LogP contribution in [0.4, 0.5) is 21.0 Å². The smallest absolute Gasteiger partial charge is 0.412 e. The number of anilines is 2. The van der Waals surface area contributed by atoms with Crippen LogP contribution in [0.3, 0.4) is 0 Å². The van der Waals surface area contributed by atoms with E-state index >= 15 is 0 Å². The SMILES string of the molecule is CN(CCN1CCC(N(C(=O)O)c2ccccc2-c2ccccc2)CC1)C(=O)CCCCCNc1ccc2c(c1)CCN(CCCN(C)C(=O)OC(C)(C)C)C2=O. The van der Waals surface area contributed by atoms with Gasteiger partial charge in [-0.1, -0.05) is 55.0 Å². The maximum atomic E-state index is 13.2. The molecule has 2 aliphatic heterocycles. The second-order valence-electron chi connectivity index (χ2n) is 16.3. The molecule has 3 aromatic rings. The summed E-state index contributed by atoms with van der Waals surface area (Å²) < 4.78 is 5.41. The van der Waals surface area contributed by atoms with Crippen LogP contribution in [0, 0.1) is 0 Å². The first-order valence-corrected chi connectivity index (χ1v) is 20.5. The molecule has 0 aromatic heterocycles. The molecule has 0 atom stereocenters. The quantitative estimate of drug-likeness (QED) is 0.134. The summed E-state index contributed by atoms with van der Waals surface area (Å²) in [7, 11) is 3.59. The lowest BCUT2D eigenvalue weighted by Gasteiger charge is -2.38. The van der Waals surface area contributed by atoms with Crippen LogP contribution >= 0.6 is 0 Å². The zero-order valence-corrected chi connectivity index (χ0v) is 34.5. The van der Waals surface area contributed by atoms with Crippen LogP contribution in [-0.2, 0) is 16.0 Å². The summed E-state index contributed by atoms with van der Waals surface area (Å²) in [6.45, 7) is 11.1. The van der Waals surface area contributed by atoms with E-state index in [1.807, 2.05) is 104 Å². The molecule has 0 unspecified atom stereocenters. The number of piperidine rings is 1. The maximum Gasteiger partial charge on any atom is 0.412 e. The van der Waals surface area contributed by atoms with E-state index < -0.39 is 11.7 Å². The summed E-state index contributed by atoms with van der Waals surface area (Å²) >= 11 is 0. The van der Waals surface area contributed by atoms with E-state index in [0.717, 1.165) is 98.3 Å². The molecule has 2 N–H and O–H groups in total. The molecule has 0 aliphatic carbocycles. The average molecular weight is 783 g/mol. The Morgan fingerprint density at radius 1 is 0.825 bits per heavy atom. The van der Waals surface area contributed by atoms with Crippen molar-refractivity contribution in [3.63, 3.8) is 0 Å². The molecule has 4 amide bonds. The monoisotopic (exact) mass is 782 g/mol. The highest BCUT2D eigenvalue weighted by atomic mass is 16.6. The summed E-state index contributed by atoms with van der Waals surface area (Å²) in [5.41, 5.74) is 4.88. The van der Waals surface area contributed by atoms with Crippen LogP contribution in [0.15, 0.2) is 72.8 Å². The molecule has 1 saturated heterocycles. The molecule has 12 heteroatoms. The van der Waals surface area contributed by atoms with Crippen molar-refractivity contribution in [2.45, 2.75) is 83.8 Å². The number of carbonyl (C=O) groups is 4. The molecule has 57 heavy (non-hydrogen) atoms. The first-order valence-electron chi connectivity index (χ1n) is 20.5. The first kappa shape index (κ1) is 43.0. The third-order valence-electron chi connectivity index (χ3n) is 10.9. The van der Waals surface area contributed by atoms with Crippen molar-refractivity contribution in [1.29, 1.82) is 0 Å². The molecular formula is C45H62N6O6. The van der Waals surface area contributed by atoms with Gasteiger partial charge in [0.1, 0.15) is 5.60 Å². The van der Waals surface area contributed by atoms with Crippen molar-refractivity contribution < 1.29 is 29.0 Å². The van der Waals surface area contributed by atoms with E-state index in [4.69, 9.17) is 4.74 Å². The van der Waals surface area contributed by atoms with E-state index in [-0.39, 0.29) is 23.9 Å². The van der Waals surface area contributed by atoms with E-state index in [1.165, 1.54) is 0 Å². The van der Waals surface area contributed by atoms with Crippen molar-refractivity contribution in [2.24, 2.45) is 0 Å². The fraction of sp³-hybridized carbons (Fsp3) is 0.511. The van der Waals surface area contributed by atoms with Gasteiger partial charge in [0.25, 0.3) is 5.91 Å². The van der Waals surface area contributed by atoms with Gasteiger partial charge in [-0.2, -0.15) is 0 Å². The number of rotatable bonds is 17. The summed E-state index contributed by atoms with van der Waals surface area (Å²) in [5, 5.41) is 13.8. The lowest BCUT2D eigenvalue weighted by Crippen LogP contribution is -2.48. The summed E-state index contributed by atoms with van der Waals surface area (Å²) in [6.07, 6.45) is 4.88. The largest absolute Gasteiger partial charge is 0.465 e. The predicted octanol–water partition coefficient (Wildman–Crippen LogP) is 7.69. The Kier molecular flexibility index (Phi) is 15.4. The van der Waals surface area contributed by atoms with Gasteiger partial charge in [-0.05, 0) is 94.7 Å². The van der Waals surface area contributed by atoms with E-state index in [0.29, 0.717) is 39.0 Å². The number of unbranched alkanes of at least 4 members (excludes halogenated alkanes) is 2. The molecule has 5 rings (SSSR count). The molecule has 308 valence electrons. The van der Waals surface area contributed by atoms with Gasteiger partial charge in [-0.15, -0.1) is 0 Å². The molecular weight excluding hydrogens is 721 g/mol. The van der Waals surface area contributed by atoms with E-state index in [2.05, 4.69) is 16.3 Å². The number of likely N-dealkylation sites (tertiary alicyclic amines) is 1. The van der Waals surface area contributed by atoms with Crippen molar-refractivity contribution in [3.8, 4) is 11.1 Å². The molecule has 0 spiro atoms. The fourth-order valence-electron chi connectivity index (χ4n) is 7.61. The third kappa shape index (κ3) is 12.4. The summed E-state index contributed by atoms with van der Waals surface area (Å²) in [5.74, 6) is 0.182. The number of benzene rings is 3. The van der Waals surface area contributed by atoms with E-state index in [1.54, 1.807) is 16.8 Å². The second kappa shape index (κ2) is 20.4. The highest BCUT2D eigenvalue weighted by Gasteiger charge is 2.31. The lowest BCUT2D eigenvalue weighted by atomic mass is 9.98. The van der Waals surface area contributed by atoms with Gasteiger partial charge in [0.15, 0.2) is 0 Å². The Balaban J connectivity index is 0.954. The van der Waals surface area contributed by atoms with Gasteiger partial charge in [-0.25, -0.2) is 9.59 Å². The number of ether oxygens (including phenoxy) is 1. The third-order valence-corrected chi connectivity index (χ3v) is 10.9. The van der Waals surface area contributed by atoms with Crippen molar-refractivity contribution in [2.75, 3.05) is 76.7 Å². The zero-order valence-electron chi connectivity index (χ0n) is 34.5. The van der Waals surface area contributed by atoms with Crippen molar-refractivity contribution >= 4 is 35.4 Å². The maximum absolute atomic E-state index is 13.2. The minimum Gasteiger partial charge on any atom is -0.465 e. The Morgan fingerprint density at radius 3 is 2.26 bits per heavy atom. The highest BCUT2D eigenvalue weighted by molar-refractivity contribution is 5.97. The highest BCUT2D eigenvalue weighted by Crippen LogP contribution is 2.34. The molecule has 1 fully saturated rings. The molecule has 3 aromatic carbocycles. The fourth-order valence-corrected chi connectivity index (χ4v) is 7.61. The van der Waals surface area contributed by atoms with Crippen LogP contribution < -0.4 is 10.2 Å². The van der Waals surface area contributed by atoms with Crippen LogP contribution in [0.25, 0.3) is 11.1 Å². The normalized spacial score (nSPS) is 14.8. The van der Waals surface area contributed by atoms with Gasteiger partial charge < -0.3 is 34.8 Å². The standard InChI is InChI=1S/C45H62N6O6/c1-45(2,3)57-44(56)48(5)26-14-27-50-30-22-35-33-36(20-21-39(35)42(50)53)46-25-13-7-10-19-41(52)47(4)31-32-49-28-23-37(24-29-49)51(43(54)55)40-18-12-11-17-38(40)34-15-8-6-9-16-34/h6,8-9,11-12,15-18,20-21,33,37,46H,7,10,13-14,19,22-32H2,1-5H3,(H,54,55).